The average molecular weight is 415 g/mol. The number of aliphatic imine (C=N–C) groups is 1. The number of anilines is 1. The van der Waals surface area contributed by atoms with Gasteiger partial charge in [-0.25, -0.2) is 14.4 Å². The first kappa shape index (κ1) is 20.7. The molecule has 0 aliphatic carbocycles. The van der Waals surface area contributed by atoms with E-state index in [-0.39, 0.29) is 23.2 Å². The topological polar surface area (TPSA) is 74.7 Å². The van der Waals surface area contributed by atoms with E-state index in [0.29, 0.717) is 35.8 Å². The molecule has 1 aliphatic heterocycles. The molecule has 2 amide bonds. The van der Waals surface area contributed by atoms with E-state index >= 15 is 0 Å². The summed E-state index contributed by atoms with van der Waals surface area (Å²) in [6.45, 7) is 2.02. The highest BCUT2D eigenvalue weighted by atomic mass is 35.5. The van der Waals surface area contributed by atoms with Crippen LogP contribution in [-0.2, 0) is 16.1 Å². The van der Waals surface area contributed by atoms with Gasteiger partial charge in [-0.15, -0.1) is 0 Å². The van der Waals surface area contributed by atoms with E-state index in [1.165, 1.54) is 18.0 Å². The first-order valence-electron chi connectivity index (χ1n) is 9.12. The van der Waals surface area contributed by atoms with Gasteiger partial charge >= 0.3 is 0 Å². The molecule has 0 unspecified atom stereocenters. The number of aromatic nitrogens is 1. The maximum atomic E-state index is 14.5. The SMILES string of the molecule is CCC(=O)N(C)c1ccc(C2=NC(C(=O)NCc3ccc(Cl)nc3)=CC2)cc1F. The molecule has 2 heterocycles. The highest BCUT2D eigenvalue weighted by molar-refractivity contribution is 6.29. The largest absolute Gasteiger partial charge is 0.347 e. The van der Waals surface area contributed by atoms with Crippen LogP contribution >= 0.6 is 11.6 Å². The lowest BCUT2D eigenvalue weighted by Crippen LogP contribution is -2.26. The number of allylic oxidation sites excluding steroid dienone is 1. The summed E-state index contributed by atoms with van der Waals surface area (Å²) in [7, 11) is 1.54. The van der Waals surface area contributed by atoms with Crippen molar-refractivity contribution in [2.45, 2.75) is 26.3 Å². The Labute approximate surface area is 173 Å². The van der Waals surface area contributed by atoms with Gasteiger partial charge in [-0.2, -0.15) is 0 Å². The third kappa shape index (κ3) is 4.86. The van der Waals surface area contributed by atoms with E-state index < -0.39 is 5.82 Å². The molecule has 3 rings (SSSR count). The van der Waals surface area contributed by atoms with E-state index in [1.54, 1.807) is 43.5 Å². The fraction of sp³-hybridized carbons (Fsp3) is 0.238. The molecule has 2 aromatic rings. The van der Waals surface area contributed by atoms with Crippen LogP contribution in [0.1, 0.15) is 30.9 Å². The monoisotopic (exact) mass is 414 g/mol. The number of nitrogens with zero attached hydrogens (tertiary/aromatic N) is 3. The summed E-state index contributed by atoms with van der Waals surface area (Å²) < 4.78 is 14.5. The fourth-order valence-electron chi connectivity index (χ4n) is 2.87. The molecule has 0 spiro atoms. The predicted molar refractivity (Wildman–Crippen MR) is 110 cm³/mol. The number of halogens is 2. The van der Waals surface area contributed by atoms with Gasteiger partial charge in [-0.3, -0.25) is 9.59 Å². The van der Waals surface area contributed by atoms with Gasteiger partial charge in [-0.05, 0) is 35.4 Å². The molecule has 1 aromatic carbocycles. The second kappa shape index (κ2) is 8.96. The standard InChI is InChI=1S/C21H20ClFN4O2/c1-3-20(28)27(2)18-8-5-14(10-15(18)23)16-6-7-17(26-16)21(29)25-12-13-4-9-19(22)24-11-13/h4-5,7-11H,3,6,12H2,1-2H3,(H,25,29). The first-order chi connectivity index (χ1) is 13.9. The summed E-state index contributed by atoms with van der Waals surface area (Å²) in [5, 5.41) is 3.16. The lowest BCUT2D eigenvalue weighted by molar-refractivity contribution is -0.118. The van der Waals surface area contributed by atoms with Gasteiger partial charge in [0, 0.05) is 32.6 Å². The van der Waals surface area contributed by atoms with Crippen LogP contribution in [0, 0.1) is 5.82 Å². The second-order valence-corrected chi connectivity index (χ2v) is 6.88. The number of nitrogens with one attached hydrogen (secondary N) is 1. The van der Waals surface area contributed by atoms with E-state index in [0.717, 1.165) is 5.56 Å². The zero-order valence-electron chi connectivity index (χ0n) is 16.1. The van der Waals surface area contributed by atoms with Crippen LogP contribution in [0.2, 0.25) is 5.15 Å². The second-order valence-electron chi connectivity index (χ2n) is 6.50. The molecule has 6 nitrogen and oxygen atoms in total. The van der Waals surface area contributed by atoms with Gasteiger partial charge in [0.2, 0.25) is 5.91 Å². The summed E-state index contributed by atoms with van der Waals surface area (Å²) in [4.78, 5) is 33.7. The molecule has 0 bridgehead atoms. The number of hydrogen-bond acceptors (Lipinski definition) is 4. The Bertz CT molecular complexity index is 1000. The van der Waals surface area contributed by atoms with Crippen molar-refractivity contribution in [1.82, 2.24) is 10.3 Å². The number of rotatable bonds is 6. The Hall–Kier alpha value is -3.06. The minimum atomic E-state index is -0.511. The molecular formula is C21H20ClFN4O2. The molecule has 1 aliphatic rings. The van der Waals surface area contributed by atoms with E-state index in [9.17, 15) is 14.0 Å². The Balaban J connectivity index is 1.66. The van der Waals surface area contributed by atoms with Crippen molar-refractivity contribution in [1.29, 1.82) is 0 Å². The van der Waals surface area contributed by atoms with Crippen molar-refractivity contribution in [3.05, 3.63) is 70.4 Å². The number of carbonyl (C=O) groups excluding carboxylic acids is 2. The van der Waals surface area contributed by atoms with Gasteiger partial charge < -0.3 is 10.2 Å². The normalized spacial score (nSPS) is 13.0. The van der Waals surface area contributed by atoms with Crippen LogP contribution < -0.4 is 10.2 Å². The Morgan fingerprint density at radius 1 is 1.28 bits per heavy atom. The van der Waals surface area contributed by atoms with Crippen molar-refractivity contribution in [3.63, 3.8) is 0 Å². The highest BCUT2D eigenvalue weighted by Gasteiger charge is 2.19. The maximum Gasteiger partial charge on any atom is 0.269 e. The van der Waals surface area contributed by atoms with Gasteiger partial charge in [0.1, 0.15) is 16.7 Å². The average Bonchev–Trinajstić information content (AvgIpc) is 3.22. The van der Waals surface area contributed by atoms with Gasteiger partial charge in [0.15, 0.2) is 0 Å². The third-order valence-corrected chi connectivity index (χ3v) is 4.76. The molecule has 1 N–H and O–H groups in total. The number of amides is 2. The van der Waals surface area contributed by atoms with Crippen molar-refractivity contribution in [3.8, 4) is 0 Å². The molecule has 0 saturated carbocycles. The Morgan fingerprint density at radius 2 is 2.07 bits per heavy atom. The van der Waals surface area contributed by atoms with Crippen molar-refractivity contribution < 1.29 is 14.0 Å². The fourth-order valence-corrected chi connectivity index (χ4v) is 2.98. The van der Waals surface area contributed by atoms with Crippen molar-refractivity contribution in [2.75, 3.05) is 11.9 Å². The Kier molecular flexibility index (Phi) is 6.39. The van der Waals surface area contributed by atoms with Crippen molar-refractivity contribution >= 4 is 34.8 Å². The van der Waals surface area contributed by atoms with Crippen LogP contribution in [0.3, 0.4) is 0 Å². The summed E-state index contributed by atoms with van der Waals surface area (Å²) in [5.41, 5.74) is 2.48. The van der Waals surface area contributed by atoms with E-state index in [1.807, 2.05) is 0 Å². The molecule has 0 fully saturated rings. The molecule has 29 heavy (non-hydrogen) atoms. The molecule has 1 aromatic heterocycles. The third-order valence-electron chi connectivity index (χ3n) is 4.54. The number of hydrogen-bond donors (Lipinski definition) is 1. The van der Waals surface area contributed by atoms with Crippen LogP contribution in [0.25, 0.3) is 0 Å². The molecule has 0 saturated heterocycles. The number of carbonyl (C=O) groups is 2. The van der Waals surface area contributed by atoms with Crippen LogP contribution in [0.4, 0.5) is 10.1 Å². The first-order valence-corrected chi connectivity index (χ1v) is 9.49. The summed E-state index contributed by atoms with van der Waals surface area (Å²) in [6, 6.07) is 8.01. The molecule has 150 valence electrons. The van der Waals surface area contributed by atoms with Crippen molar-refractivity contribution in [2.24, 2.45) is 4.99 Å². The summed E-state index contributed by atoms with van der Waals surface area (Å²) >= 11 is 5.74. The molecule has 0 atom stereocenters. The van der Waals surface area contributed by atoms with Gasteiger partial charge in [-0.1, -0.05) is 30.7 Å². The summed E-state index contributed by atoms with van der Waals surface area (Å²) in [5.74, 6) is -1.01. The lowest BCUT2D eigenvalue weighted by Gasteiger charge is -2.17. The molecule has 8 heteroatoms. The quantitative estimate of drug-likeness (QED) is 0.733. The van der Waals surface area contributed by atoms with E-state index in [4.69, 9.17) is 11.6 Å². The summed E-state index contributed by atoms with van der Waals surface area (Å²) in [6.07, 6.45) is 4.00. The predicted octanol–water partition coefficient (Wildman–Crippen LogP) is 3.64. The van der Waals surface area contributed by atoms with Crippen LogP contribution in [0.5, 0.6) is 0 Å². The lowest BCUT2D eigenvalue weighted by atomic mass is 10.1. The number of benzene rings is 1. The minimum absolute atomic E-state index is 0.175. The van der Waals surface area contributed by atoms with Crippen LogP contribution in [0.15, 0.2) is 53.3 Å². The highest BCUT2D eigenvalue weighted by Crippen LogP contribution is 2.23. The van der Waals surface area contributed by atoms with E-state index in [2.05, 4.69) is 15.3 Å². The Morgan fingerprint density at radius 3 is 2.72 bits per heavy atom. The maximum absolute atomic E-state index is 14.5. The molecule has 0 radical (unpaired) electrons. The molecular weight excluding hydrogens is 395 g/mol. The zero-order valence-corrected chi connectivity index (χ0v) is 16.8. The number of pyridine rings is 1. The minimum Gasteiger partial charge on any atom is -0.347 e. The van der Waals surface area contributed by atoms with Gasteiger partial charge in [0.25, 0.3) is 5.91 Å². The van der Waals surface area contributed by atoms with Gasteiger partial charge in [0.05, 0.1) is 11.4 Å². The van der Waals surface area contributed by atoms with Crippen LogP contribution in [-0.4, -0.2) is 29.6 Å². The zero-order chi connectivity index (χ0) is 21.0. The smallest absolute Gasteiger partial charge is 0.269 e.